The fourth-order valence-corrected chi connectivity index (χ4v) is 5.50. The van der Waals surface area contributed by atoms with Crippen LogP contribution in [0.15, 0.2) is 23.4 Å². The Kier molecular flexibility index (Phi) is 7.92. The van der Waals surface area contributed by atoms with Gasteiger partial charge in [0.2, 0.25) is 0 Å². The smallest absolute Gasteiger partial charge is 0.389 e. The van der Waals surface area contributed by atoms with Crippen molar-refractivity contribution in [1.82, 2.24) is 25.0 Å². The van der Waals surface area contributed by atoms with Crippen molar-refractivity contribution >= 4 is 28.7 Å². The number of aliphatic hydroxyl groups excluding tert-OH is 3. The van der Waals surface area contributed by atoms with Gasteiger partial charge in [-0.1, -0.05) is 23.0 Å². The lowest BCUT2D eigenvalue weighted by atomic mass is 10.1. The van der Waals surface area contributed by atoms with Crippen LogP contribution in [-0.4, -0.2) is 89.8 Å². The van der Waals surface area contributed by atoms with Crippen molar-refractivity contribution in [2.75, 3.05) is 24.3 Å². The number of nitrogens with one attached hydrogen (secondary N) is 1. The number of ether oxygens (including phenoxy) is 1. The van der Waals surface area contributed by atoms with Gasteiger partial charge in [-0.25, -0.2) is 23.4 Å². The summed E-state index contributed by atoms with van der Waals surface area (Å²) < 4.78 is 71.9. The predicted molar refractivity (Wildman–Crippen MR) is 128 cm³/mol. The average Bonchev–Trinajstić information content (AvgIpc) is 3.42. The second-order valence-corrected chi connectivity index (χ2v) is 10.5. The van der Waals surface area contributed by atoms with Crippen LogP contribution in [0.3, 0.4) is 0 Å². The molecule has 0 saturated heterocycles. The molecule has 2 unspecified atom stereocenters. The Morgan fingerprint density at radius 1 is 1.10 bits per heavy atom. The number of halogens is 5. The standard InChI is InChI=1S/C23H25F5N6O4S/c24-12-2-1-10(7-13(12)25)11-8-14(11)29-20-17-21(31-22(30-20)39-6-3-23(26,27)28)34(33-32-17)15-9-16(38-5-4-35)19(37)18(15)36/h1-2,7,11,14-16,18-19,35-37H,3-6,8-9H2,(H,29,30,31)/t11?,14?,15-,16+,18+,19-/m0/s1. The number of alkyl halides is 3. The first-order chi connectivity index (χ1) is 18.6. The first kappa shape index (κ1) is 27.9. The van der Waals surface area contributed by atoms with E-state index in [1.165, 1.54) is 10.7 Å². The number of hydrogen-bond acceptors (Lipinski definition) is 10. The second-order valence-electron chi connectivity index (χ2n) is 9.46. The average molecular weight is 577 g/mol. The van der Waals surface area contributed by atoms with Gasteiger partial charge in [0.15, 0.2) is 33.8 Å². The molecule has 2 saturated carbocycles. The molecule has 16 heteroatoms. The van der Waals surface area contributed by atoms with Gasteiger partial charge in [-0.05, 0) is 24.1 Å². The van der Waals surface area contributed by atoms with Gasteiger partial charge >= 0.3 is 6.18 Å². The summed E-state index contributed by atoms with van der Waals surface area (Å²) in [7, 11) is 0. The fourth-order valence-electron chi connectivity index (χ4n) is 4.68. The van der Waals surface area contributed by atoms with Crippen molar-refractivity contribution < 1.29 is 42.0 Å². The lowest BCUT2D eigenvalue weighted by molar-refractivity contribution is -0.129. The minimum Gasteiger partial charge on any atom is -0.394 e. The zero-order valence-electron chi connectivity index (χ0n) is 20.2. The zero-order valence-corrected chi connectivity index (χ0v) is 21.0. The molecule has 2 heterocycles. The maximum absolute atomic E-state index is 13.7. The molecule has 2 fully saturated rings. The van der Waals surface area contributed by atoms with Crippen LogP contribution in [0.4, 0.5) is 27.8 Å². The maximum atomic E-state index is 13.7. The van der Waals surface area contributed by atoms with Crippen molar-refractivity contribution in [2.45, 2.75) is 66.9 Å². The van der Waals surface area contributed by atoms with E-state index in [0.29, 0.717) is 12.0 Å². The molecule has 4 N–H and O–H groups in total. The number of benzene rings is 1. The topological polar surface area (TPSA) is 138 Å². The first-order valence-corrected chi connectivity index (χ1v) is 13.2. The van der Waals surface area contributed by atoms with Crippen LogP contribution in [-0.2, 0) is 4.74 Å². The summed E-state index contributed by atoms with van der Waals surface area (Å²) in [4.78, 5) is 8.70. The van der Waals surface area contributed by atoms with Gasteiger partial charge in [0.05, 0.1) is 31.8 Å². The van der Waals surface area contributed by atoms with Crippen molar-refractivity contribution in [2.24, 2.45) is 0 Å². The van der Waals surface area contributed by atoms with Gasteiger partial charge in [-0.3, -0.25) is 0 Å². The van der Waals surface area contributed by atoms with E-state index in [9.17, 15) is 32.2 Å². The molecule has 3 aromatic rings. The van der Waals surface area contributed by atoms with Gasteiger partial charge in [0.1, 0.15) is 12.2 Å². The molecular formula is C23H25F5N6O4S. The number of hydrogen-bond donors (Lipinski definition) is 4. The summed E-state index contributed by atoms with van der Waals surface area (Å²) in [5.41, 5.74) is 0.899. The third-order valence-corrected chi connectivity index (χ3v) is 7.59. The molecule has 0 spiro atoms. The van der Waals surface area contributed by atoms with E-state index >= 15 is 0 Å². The highest BCUT2D eigenvalue weighted by atomic mass is 32.2. The fraction of sp³-hybridized carbons (Fsp3) is 0.565. The van der Waals surface area contributed by atoms with E-state index in [0.717, 1.165) is 23.9 Å². The molecule has 5 rings (SSSR count). The van der Waals surface area contributed by atoms with Crippen LogP contribution >= 0.6 is 11.8 Å². The van der Waals surface area contributed by atoms with Crippen molar-refractivity contribution in [3.63, 3.8) is 0 Å². The highest BCUT2D eigenvalue weighted by Crippen LogP contribution is 2.44. The molecule has 6 atom stereocenters. The summed E-state index contributed by atoms with van der Waals surface area (Å²) >= 11 is 0.785. The third kappa shape index (κ3) is 6.09. The minimum absolute atomic E-state index is 0.0175. The normalized spacial score (nSPS) is 26.9. The Bertz CT molecular complexity index is 1330. The highest BCUT2D eigenvalue weighted by Gasteiger charge is 2.45. The summed E-state index contributed by atoms with van der Waals surface area (Å²) in [6.07, 6.45) is -8.11. The molecule has 0 bridgehead atoms. The summed E-state index contributed by atoms with van der Waals surface area (Å²) in [6, 6.07) is 2.59. The van der Waals surface area contributed by atoms with E-state index in [-0.39, 0.29) is 59.5 Å². The molecule has 2 aliphatic carbocycles. The van der Waals surface area contributed by atoms with E-state index in [1.807, 2.05) is 0 Å². The van der Waals surface area contributed by atoms with E-state index in [4.69, 9.17) is 9.84 Å². The number of anilines is 1. The quantitative estimate of drug-likeness (QED) is 0.162. The molecule has 0 amide bonds. The summed E-state index contributed by atoms with van der Waals surface area (Å²) in [5, 5.41) is 41.5. The number of rotatable bonds is 10. The van der Waals surface area contributed by atoms with Crippen LogP contribution < -0.4 is 5.32 Å². The predicted octanol–water partition coefficient (Wildman–Crippen LogP) is 2.56. The van der Waals surface area contributed by atoms with Gasteiger partial charge in [-0.2, -0.15) is 13.2 Å². The SMILES string of the molecule is OCCO[C@@H]1C[C@H](n2nnc3c(NC4CC4c4ccc(F)c(F)c4)nc(SCCC(F)(F)F)nc32)[C@@H](O)[C@H]1O. The number of thioether (sulfide) groups is 1. The van der Waals surface area contributed by atoms with Crippen molar-refractivity contribution in [3.05, 3.63) is 35.4 Å². The van der Waals surface area contributed by atoms with Crippen molar-refractivity contribution in [3.8, 4) is 0 Å². The maximum Gasteiger partial charge on any atom is 0.389 e. The molecule has 1 aromatic carbocycles. The monoisotopic (exact) mass is 576 g/mol. The Labute approximate surface area is 222 Å². The molecule has 0 radical (unpaired) electrons. The Balaban J connectivity index is 1.43. The number of aliphatic hydroxyl groups is 3. The molecule has 39 heavy (non-hydrogen) atoms. The van der Waals surface area contributed by atoms with Crippen LogP contribution in [0.5, 0.6) is 0 Å². The largest absolute Gasteiger partial charge is 0.394 e. The van der Waals surface area contributed by atoms with Gasteiger partial charge < -0.3 is 25.4 Å². The third-order valence-electron chi connectivity index (χ3n) is 6.74. The molecule has 2 aromatic heterocycles. The van der Waals surface area contributed by atoms with Gasteiger partial charge in [0.25, 0.3) is 0 Å². The van der Waals surface area contributed by atoms with E-state index in [1.54, 1.807) is 0 Å². The lowest BCUT2D eigenvalue weighted by Crippen LogP contribution is -2.33. The first-order valence-electron chi connectivity index (χ1n) is 12.2. The van der Waals surface area contributed by atoms with Crippen molar-refractivity contribution in [1.29, 1.82) is 0 Å². The Morgan fingerprint density at radius 2 is 1.90 bits per heavy atom. The van der Waals surface area contributed by atoms with E-state index in [2.05, 4.69) is 25.6 Å². The molecular weight excluding hydrogens is 551 g/mol. The molecule has 2 aliphatic rings. The minimum atomic E-state index is -4.36. The zero-order chi connectivity index (χ0) is 27.9. The van der Waals surface area contributed by atoms with Crippen LogP contribution in [0, 0.1) is 11.6 Å². The van der Waals surface area contributed by atoms with E-state index < -0.39 is 48.6 Å². The Morgan fingerprint density at radius 3 is 2.62 bits per heavy atom. The van der Waals surface area contributed by atoms with Crippen LogP contribution in [0.1, 0.15) is 36.8 Å². The Hall–Kier alpha value is -2.66. The van der Waals surface area contributed by atoms with Gasteiger partial charge in [-0.15, -0.1) is 5.10 Å². The molecule has 0 aliphatic heterocycles. The van der Waals surface area contributed by atoms with Gasteiger partial charge in [0, 0.05) is 24.1 Å². The summed E-state index contributed by atoms with van der Waals surface area (Å²) in [6.45, 7) is -0.320. The lowest BCUT2D eigenvalue weighted by Gasteiger charge is -2.17. The van der Waals surface area contributed by atoms with Crippen LogP contribution in [0.25, 0.3) is 11.2 Å². The number of fused-ring (bicyclic) bond motifs is 1. The molecule has 212 valence electrons. The highest BCUT2D eigenvalue weighted by molar-refractivity contribution is 7.99. The number of aromatic nitrogens is 5. The molecule has 10 nitrogen and oxygen atoms in total. The number of nitrogens with zero attached hydrogens (tertiary/aromatic N) is 5. The second kappa shape index (κ2) is 11.1. The van der Waals surface area contributed by atoms with Crippen LogP contribution in [0.2, 0.25) is 0 Å². The summed E-state index contributed by atoms with van der Waals surface area (Å²) in [5.74, 6) is -2.22.